The highest BCUT2D eigenvalue weighted by molar-refractivity contribution is 6.01. The van der Waals surface area contributed by atoms with E-state index in [9.17, 15) is 13.2 Å². The molecule has 244 valence electrons. The van der Waals surface area contributed by atoms with Crippen LogP contribution in [0.5, 0.6) is 6.01 Å². The number of benzene rings is 2. The molecule has 2 aromatic heterocycles. The topological polar surface area (TPSA) is 71.3 Å². The Morgan fingerprint density at radius 3 is 2.54 bits per heavy atom. The highest BCUT2D eigenvalue weighted by atomic mass is 19.4. The minimum atomic E-state index is -4.89. The number of nitrogens with zero attached hydrogens (tertiary/aromatic N) is 6. The molecule has 2 aromatic carbocycles. The van der Waals surface area contributed by atoms with Crippen LogP contribution in [0.25, 0.3) is 32.9 Å². The molecule has 8 rings (SSSR count). The molecule has 13 heteroatoms. The fourth-order valence-electron chi connectivity index (χ4n) is 8.72. The van der Waals surface area contributed by atoms with Gasteiger partial charge in [0.25, 0.3) is 0 Å². The summed E-state index contributed by atoms with van der Waals surface area (Å²) < 4.78 is 84.6. The van der Waals surface area contributed by atoms with Crippen molar-refractivity contribution < 1.29 is 26.7 Å². The first-order valence-corrected chi connectivity index (χ1v) is 16.0. The van der Waals surface area contributed by atoms with Gasteiger partial charge >= 0.3 is 12.2 Å². The van der Waals surface area contributed by atoms with E-state index in [1.807, 2.05) is 4.90 Å². The van der Waals surface area contributed by atoms with E-state index in [1.165, 1.54) is 23.9 Å². The maximum atomic E-state index is 16.9. The standard InChI is InChI=1S/C33H36F5N7O/c1-17-11-32(7-4-8-45(32)12-17)16-46-31-40-29-22(30(41-31)44-14-20-5-6-21(15-44)39-20)10-23(34)24(27(29)35)25-26(33(36,37)38)18(2)9-19-13-43(3)42-28(19)25/h9-10,13,17,20-21,39H,4-8,11-12,14-16H2,1-3H3/t17-,20?,21?,32+/m1/s1. The lowest BCUT2D eigenvalue weighted by molar-refractivity contribution is -0.137. The van der Waals surface area contributed by atoms with Gasteiger partial charge in [0.15, 0.2) is 5.82 Å². The SMILES string of the molecule is Cc1cc2cn(C)nc2c(-c2c(F)cc3c(N4CC5CCC(C4)N5)nc(OC[C@@]45CCCN4C[C@H](C)C5)nc3c2F)c1C(F)(F)F. The molecule has 46 heavy (non-hydrogen) atoms. The van der Waals surface area contributed by atoms with E-state index < -0.39 is 34.5 Å². The summed E-state index contributed by atoms with van der Waals surface area (Å²) in [6, 6.07) is 2.75. The average molecular weight is 642 g/mol. The summed E-state index contributed by atoms with van der Waals surface area (Å²) in [4.78, 5) is 13.6. The third-order valence-electron chi connectivity index (χ3n) is 10.5. The van der Waals surface area contributed by atoms with Crippen LogP contribution in [0, 0.1) is 24.5 Å². The molecule has 0 radical (unpaired) electrons. The molecule has 2 unspecified atom stereocenters. The summed E-state index contributed by atoms with van der Waals surface area (Å²) >= 11 is 0. The van der Waals surface area contributed by atoms with Crippen LogP contribution in [0.1, 0.15) is 50.2 Å². The van der Waals surface area contributed by atoms with Crippen molar-refractivity contribution in [1.29, 1.82) is 0 Å². The first-order valence-electron chi connectivity index (χ1n) is 16.0. The second-order valence-electron chi connectivity index (χ2n) is 13.9. The molecule has 4 aliphatic heterocycles. The van der Waals surface area contributed by atoms with E-state index in [4.69, 9.17) is 9.72 Å². The Labute approximate surface area is 262 Å². The smallest absolute Gasteiger partial charge is 0.417 e. The van der Waals surface area contributed by atoms with Crippen LogP contribution in [0.3, 0.4) is 0 Å². The number of alkyl halides is 3. The normalized spacial score (nSPS) is 26.5. The number of rotatable bonds is 5. The van der Waals surface area contributed by atoms with Crippen molar-refractivity contribution in [2.75, 3.05) is 37.7 Å². The van der Waals surface area contributed by atoms with Crippen molar-refractivity contribution in [3.63, 3.8) is 0 Å². The summed E-state index contributed by atoms with van der Waals surface area (Å²) in [5.41, 5.74) is -3.31. The molecule has 4 aromatic rings. The summed E-state index contributed by atoms with van der Waals surface area (Å²) in [5.74, 6) is -1.49. The summed E-state index contributed by atoms with van der Waals surface area (Å²) in [7, 11) is 1.55. The van der Waals surface area contributed by atoms with E-state index in [0.29, 0.717) is 36.8 Å². The van der Waals surface area contributed by atoms with Crippen molar-refractivity contribution in [1.82, 2.24) is 30.0 Å². The van der Waals surface area contributed by atoms with Crippen LogP contribution < -0.4 is 15.0 Å². The highest BCUT2D eigenvalue weighted by Gasteiger charge is 2.48. The van der Waals surface area contributed by atoms with E-state index in [1.54, 1.807) is 7.05 Å². The highest BCUT2D eigenvalue weighted by Crippen LogP contribution is 2.47. The molecular weight excluding hydrogens is 605 g/mol. The molecule has 2 bridgehead atoms. The number of ether oxygens (including phenoxy) is 1. The quantitative estimate of drug-likeness (QED) is 0.269. The van der Waals surface area contributed by atoms with Crippen LogP contribution in [-0.4, -0.2) is 75.1 Å². The largest absolute Gasteiger partial charge is 0.461 e. The van der Waals surface area contributed by atoms with Gasteiger partial charge in [-0.15, -0.1) is 0 Å². The second-order valence-corrected chi connectivity index (χ2v) is 13.9. The summed E-state index contributed by atoms with van der Waals surface area (Å²) in [5, 5.41) is 8.21. The zero-order valence-corrected chi connectivity index (χ0v) is 26.0. The van der Waals surface area contributed by atoms with Crippen molar-refractivity contribution in [2.24, 2.45) is 13.0 Å². The number of fused-ring (bicyclic) bond motifs is 5. The molecule has 0 amide bonds. The third-order valence-corrected chi connectivity index (χ3v) is 10.5. The van der Waals surface area contributed by atoms with Gasteiger partial charge in [-0.3, -0.25) is 9.58 Å². The predicted molar refractivity (Wildman–Crippen MR) is 164 cm³/mol. The Kier molecular flexibility index (Phi) is 6.78. The molecule has 8 nitrogen and oxygen atoms in total. The molecule has 0 saturated carbocycles. The van der Waals surface area contributed by atoms with E-state index in [0.717, 1.165) is 51.3 Å². The van der Waals surface area contributed by atoms with Crippen molar-refractivity contribution >= 4 is 27.6 Å². The molecular formula is C33H36F5N7O. The molecule has 6 heterocycles. The van der Waals surface area contributed by atoms with Gasteiger partial charge in [0.2, 0.25) is 0 Å². The van der Waals surface area contributed by atoms with Crippen molar-refractivity contribution in [3.05, 3.63) is 41.1 Å². The Bertz CT molecular complexity index is 1860. The third kappa shape index (κ3) is 4.71. The van der Waals surface area contributed by atoms with Crippen LogP contribution >= 0.6 is 0 Å². The number of hydrogen-bond donors (Lipinski definition) is 1. The van der Waals surface area contributed by atoms with E-state index in [-0.39, 0.29) is 45.6 Å². The van der Waals surface area contributed by atoms with Crippen LogP contribution in [0.15, 0.2) is 18.3 Å². The van der Waals surface area contributed by atoms with Gasteiger partial charge in [-0.25, -0.2) is 8.78 Å². The lowest BCUT2D eigenvalue weighted by atomic mass is 9.91. The fourth-order valence-corrected chi connectivity index (χ4v) is 8.72. The number of hydrogen-bond acceptors (Lipinski definition) is 7. The number of aromatic nitrogens is 4. The summed E-state index contributed by atoms with van der Waals surface area (Å²) in [6.45, 7) is 6.94. The minimum Gasteiger partial charge on any atom is -0.461 e. The van der Waals surface area contributed by atoms with Gasteiger partial charge < -0.3 is 15.0 Å². The van der Waals surface area contributed by atoms with Crippen molar-refractivity contribution in [2.45, 2.75) is 69.8 Å². The zero-order chi connectivity index (χ0) is 32.1. The Balaban J connectivity index is 1.32. The van der Waals surface area contributed by atoms with Gasteiger partial charge in [-0.05, 0) is 69.2 Å². The monoisotopic (exact) mass is 641 g/mol. The number of aryl methyl sites for hydroxylation is 2. The first kappa shape index (κ1) is 29.8. The van der Waals surface area contributed by atoms with Crippen molar-refractivity contribution in [3.8, 4) is 17.1 Å². The van der Waals surface area contributed by atoms with Gasteiger partial charge in [-0.2, -0.15) is 28.2 Å². The van der Waals surface area contributed by atoms with Crippen LogP contribution in [-0.2, 0) is 13.2 Å². The number of anilines is 1. The molecule has 1 N–H and O–H groups in total. The maximum absolute atomic E-state index is 16.9. The molecule has 4 aliphatic rings. The Morgan fingerprint density at radius 1 is 1.04 bits per heavy atom. The first-order chi connectivity index (χ1) is 21.9. The fraction of sp³-hybridized carbons (Fsp3) is 0.545. The summed E-state index contributed by atoms with van der Waals surface area (Å²) in [6.07, 6.45) is 1.58. The second kappa shape index (κ2) is 10.5. The van der Waals surface area contributed by atoms with Gasteiger partial charge in [0.1, 0.15) is 29.3 Å². The molecule has 4 atom stereocenters. The van der Waals surface area contributed by atoms with E-state index in [2.05, 4.69) is 27.2 Å². The van der Waals surface area contributed by atoms with Gasteiger partial charge in [0, 0.05) is 61.3 Å². The molecule has 0 aliphatic carbocycles. The van der Waals surface area contributed by atoms with Gasteiger partial charge in [-0.1, -0.05) is 6.92 Å². The molecule has 4 fully saturated rings. The molecule has 0 spiro atoms. The van der Waals surface area contributed by atoms with E-state index >= 15 is 8.78 Å². The lowest BCUT2D eigenvalue weighted by Crippen LogP contribution is -2.51. The van der Waals surface area contributed by atoms with Crippen LogP contribution in [0.4, 0.5) is 27.8 Å². The Morgan fingerprint density at radius 2 is 1.80 bits per heavy atom. The average Bonchev–Trinajstić information content (AvgIpc) is 3.72. The lowest BCUT2D eigenvalue weighted by Gasteiger charge is -2.35. The Hall–Kier alpha value is -3.58. The zero-order valence-electron chi connectivity index (χ0n) is 26.0. The van der Waals surface area contributed by atoms with Gasteiger partial charge in [0.05, 0.1) is 16.7 Å². The predicted octanol–water partition coefficient (Wildman–Crippen LogP) is 5.98. The van der Waals surface area contributed by atoms with Crippen LogP contribution in [0.2, 0.25) is 0 Å². The molecule has 4 saturated heterocycles. The number of nitrogens with one attached hydrogen (secondary N) is 1. The number of halogens is 5. The maximum Gasteiger partial charge on any atom is 0.417 e. The number of piperazine rings is 1. The minimum absolute atomic E-state index is 0.0612.